The van der Waals surface area contributed by atoms with E-state index in [1.807, 2.05) is 19.2 Å². The van der Waals surface area contributed by atoms with E-state index in [9.17, 15) is 4.39 Å². The molecular formula is C18H22FNO. The van der Waals surface area contributed by atoms with Gasteiger partial charge in [-0.1, -0.05) is 24.3 Å². The molecule has 0 saturated carbocycles. The van der Waals surface area contributed by atoms with Crippen LogP contribution >= 0.6 is 0 Å². The van der Waals surface area contributed by atoms with Crippen LogP contribution in [0.4, 0.5) is 4.39 Å². The molecule has 0 aliphatic heterocycles. The second-order valence-electron chi connectivity index (χ2n) is 5.27. The van der Waals surface area contributed by atoms with Gasteiger partial charge in [-0.3, -0.25) is 0 Å². The maximum absolute atomic E-state index is 14.1. The van der Waals surface area contributed by atoms with Crippen LogP contribution in [0.5, 0.6) is 5.75 Å². The lowest BCUT2D eigenvalue weighted by Gasteiger charge is -2.11. The molecule has 0 aliphatic rings. The van der Waals surface area contributed by atoms with E-state index < -0.39 is 0 Å². The van der Waals surface area contributed by atoms with Crippen molar-refractivity contribution in [2.75, 3.05) is 14.2 Å². The topological polar surface area (TPSA) is 21.3 Å². The SMILES string of the molecule is CNC(C)CCc1cccc(-c2ccc(OC)cc2F)c1. The molecule has 0 spiro atoms. The Bertz CT molecular complexity index is 598. The zero-order chi connectivity index (χ0) is 15.2. The number of rotatable bonds is 6. The van der Waals surface area contributed by atoms with Gasteiger partial charge in [0.1, 0.15) is 11.6 Å². The van der Waals surface area contributed by atoms with Gasteiger partial charge < -0.3 is 10.1 Å². The van der Waals surface area contributed by atoms with Crippen LogP contribution in [-0.2, 0) is 6.42 Å². The van der Waals surface area contributed by atoms with Crippen LogP contribution in [0.15, 0.2) is 42.5 Å². The Kier molecular flexibility index (Phi) is 5.34. The van der Waals surface area contributed by atoms with Crippen LogP contribution in [0.25, 0.3) is 11.1 Å². The second-order valence-corrected chi connectivity index (χ2v) is 5.27. The van der Waals surface area contributed by atoms with Crippen molar-refractivity contribution in [2.24, 2.45) is 0 Å². The van der Waals surface area contributed by atoms with E-state index in [2.05, 4.69) is 24.4 Å². The Balaban J connectivity index is 2.20. The van der Waals surface area contributed by atoms with Gasteiger partial charge in [0, 0.05) is 17.7 Å². The molecule has 2 aromatic rings. The molecule has 21 heavy (non-hydrogen) atoms. The molecule has 0 aliphatic carbocycles. The Morgan fingerprint density at radius 3 is 2.67 bits per heavy atom. The number of methoxy groups -OCH3 is 1. The lowest BCUT2D eigenvalue weighted by molar-refractivity contribution is 0.411. The Labute approximate surface area is 126 Å². The first kappa shape index (κ1) is 15.5. The summed E-state index contributed by atoms with van der Waals surface area (Å²) in [6, 6.07) is 13.5. The third kappa shape index (κ3) is 4.05. The lowest BCUT2D eigenvalue weighted by Crippen LogP contribution is -2.21. The fourth-order valence-electron chi connectivity index (χ4n) is 2.28. The van der Waals surface area contributed by atoms with Crippen LogP contribution in [0, 0.1) is 5.82 Å². The average molecular weight is 287 g/mol. The maximum Gasteiger partial charge on any atom is 0.134 e. The van der Waals surface area contributed by atoms with Crippen molar-refractivity contribution in [1.82, 2.24) is 5.32 Å². The summed E-state index contributed by atoms with van der Waals surface area (Å²) in [7, 11) is 3.51. The first-order valence-corrected chi connectivity index (χ1v) is 7.24. The van der Waals surface area contributed by atoms with Crippen LogP contribution in [0.1, 0.15) is 18.9 Å². The summed E-state index contributed by atoms with van der Waals surface area (Å²) in [4.78, 5) is 0. The minimum Gasteiger partial charge on any atom is -0.497 e. The number of aryl methyl sites for hydroxylation is 1. The van der Waals surface area contributed by atoms with Crippen LogP contribution < -0.4 is 10.1 Å². The van der Waals surface area contributed by atoms with E-state index in [0.717, 1.165) is 18.4 Å². The molecular weight excluding hydrogens is 265 g/mol. The molecule has 0 bridgehead atoms. The summed E-state index contributed by atoms with van der Waals surface area (Å²) >= 11 is 0. The van der Waals surface area contributed by atoms with Gasteiger partial charge in [0.25, 0.3) is 0 Å². The molecule has 0 radical (unpaired) electrons. The Morgan fingerprint density at radius 1 is 1.19 bits per heavy atom. The molecule has 1 atom stereocenters. The van der Waals surface area contributed by atoms with E-state index in [-0.39, 0.29) is 5.82 Å². The highest BCUT2D eigenvalue weighted by molar-refractivity contribution is 5.65. The van der Waals surface area contributed by atoms with Gasteiger partial charge in [-0.25, -0.2) is 4.39 Å². The number of nitrogens with one attached hydrogen (secondary N) is 1. The Hall–Kier alpha value is -1.87. The molecule has 0 saturated heterocycles. The van der Waals surface area contributed by atoms with Crippen LogP contribution in [-0.4, -0.2) is 20.2 Å². The molecule has 0 aromatic heterocycles. The molecule has 0 fully saturated rings. The quantitative estimate of drug-likeness (QED) is 0.865. The van der Waals surface area contributed by atoms with Crippen molar-refractivity contribution in [3.8, 4) is 16.9 Å². The standard InChI is InChI=1S/C18H22FNO/c1-13(20-2)7-8-14-5-4-6-15(11-14)17-10-9-16(21-3)12-18(17)19/h4-6,9-13,20H,7-8H2,1-3H3. The first-order valence-electron chi connectivity index (χ1n) is 7.24. The summed E-state index contributed by atoms with van der Waals surface area (Å²) in [5.74, 6) is 0.283. The van der Waals surface area contributed by atoms with E-state index in [0.29, 0.717) is 17.4 Å². The molecule has 0 amide bonds. The Morgan fingerprint density at radius 2 is 2.00 bits per heavy atom. The normalized spacial score (nSPS) is 12.2. The number of hydrogen-bond acceptors (Lipinski definition) is 2. The van der Waals surface area contributed by atoms with Crippen molar-refractivity contribution < 1.29 is 9.13 Å². The van der Waals surface area contributed by atoms with Crippen molar-refractivity contribution in [2.45, 2.75) is 25.8 Å². The highest BCUT2D eigenvalue weighted by atomic mass is 19.1. The number of ether oxygens (including phenoxy) is 1. The van der Waals surface area contributed by atoms with E-state index in [1.54, 1.807) is 12.1 Å². The highest BCUT2D eigenvalue weighted by Gasteiger charge is 2.08. The van der Waals surface area contributed by atoms with Gasteiger partial charge in [-0.2, -0.15) is 0 Å². The molecule has 3 heteroatoms. The summed E-state index contributed by atoms with van der Waals surface area (Å²) in [6.45, 7) is 2.16. The van der Waals surface area contributed by atoms with Crippen molar-refractivity contribution >= 4 is 0 Å². The highest BCUT2D eigenvalue weighted by Crippen LogP contribution is 2.27. The third-order valence-corrected chi connectivity index (χ3v) is 3.77. The second kappa shape index (κ2) is 7.23. The van der Waals surface area contributed by atoms with Crippen molar-refractivity contribution in [3.05, 3.63) is 53.8 Å². The van der Waals surface area contributed by atoms with Gasteiger partial charge in [0.15, 0.2) is 0 Å². The number of halogens is 1. The average Bonchev–Trinajstić information content (AvgIpc) is 2.52. The largest absolute Gasteiger partial charge is 0.497 e. The molecule has 1 N–H and O–H groups in total. The van der Waals surface area contributed by atoms with Gasteiger partial charge in [-0.15, -0.1) is 0 Å². The van der Waals surface area contributed by atoms with Crippen LogP contribution in [0.3, 0.4) is 0 Å². The summed E-state index contributed by atoms with van der Waals surface area (Å²) < 4.78 is 19.2. The predicted molar refractivity (Wildman–Crippen MR) is 85.2 cm³/mol. The van der Waals surface area contributed by atoms with Crippen molar-refractivity contribution in [1.29, 1.82) is 0 Å². The zero-order valence-electron chi connectivity index (χ0n) is 12.8. The molecule has 2 aromatic carbocycles. The fraction of sp³-hybridized carbons (Fsp3) is 0.333. The minimum absolute atomic E-state index is 0.255. The smallest absolute Gasteiger partial charge is 0.134 e. The lowest BCUT2D eigenvalue weighted by atomic mass is 9.99. The molecule has 112 valence electrons. The molecule has 1 unspecified atom stereocenters. The monoisotopic (exact) mass is 287 g/mol. The van der Waals surface area contributed by atoms with Gasteiger partial charge >= 0.3 is 0 Å². The van der Waals surface area contributed by atoms with Crippen molar-refractivity contribution in [3.63, 3.8) is 0 Å². The van der Waals surface area contributed by atoms with E-state index in [4.69, 9.17) is 4.74 Å². The first-order chi connectivity index (χ1) is 10.1. The van der Waals surface area contributed by atoms with E-state index >= 15 is 0 Å². The molecule has 0 heterocycles. The summed E-state index contributed by atoms with van der Waals surface area (Å²) in [6.07, 6.45) is 2.04. The van der Waals surface area contributed by atoms with Gasteiger partial charge in [0.05, 0.1) is 7.11 Å². The van der Waals surface area contributed by atoms with Gasteiger partial charge in [-0.05, 0) is 50.1 Å². The summed E-state index contributed by atoms with van der Waals surface area (Å²) in [5, 5.41) is 3.23. The summed E-state index contributed by atoms with van der Waals surface area (Å²) in [5.41, 5.74) is 2.74. The number of benzene rings is 2. The van der Waals surface area contributed by atoms with E-state index in [1.165, 1.54) is 18.7 Å². The zero-order valence-corrected chi connectivity index (χ0v) is 12.8. The molecule has 2 rings (SSSR count). The predicted octanol–water partition coefficient (Wildman–Crippen LogP) is 4.04. The van der Waals surface area contributed by atoms with Crippen LogP contribution in [0.2, 0.25) is 0 Å². The van der Waals surface area contributed by atoms with Gasteiger partial charge in [0.2, 0.25) is 0 Å². The molecule has 2 nitrogen and oxygen atoms in total. The minimum atomic E-state index is -0.255. The fourth-order valence-corrected chi connectivity index (χ4v) is 2.28. The maximum atomic E-state index is 14.1. The number of hydrogen-bond donors (Lipinski definition) is 1. The third-order valence-electron chi connectivity index (χ3n) is 3.77.